The standard InChI is InChI=1S/C17H17N3O3/c1-10-5-4-6-11(2)15(10)23-14-8-7-13(9-18-14)20-16(21)12(3)19-17(20)22/h4-9,21H,1-3H3,(H,19,22). The van der Waals surface area contributed by atoms with Crippen LogP contribution >= 0.6 is 0 Å². The van der Waals surface area contributed by atoms with Gasteiger partial charge >= 0.3 is 5.69 Å². The van der Waals surface area contributed by atoms with E-state index in [0.717, 1.165) is 21.4 Å². The van der Waals surface area contributed by atoms with Gasteiger partial charge in [0, 0.05) is 6.07 Å². The number of hydrogen-bond donors (Lipinski definition) is 2. The lowest BCUT2D eigenvalue weighted by molar-refractivity contribution is 0.435. The minimum Gasteiger partial charge on any atom is -0.493 e. The highest BCUT2D eigenvalue weighted by Gasteiger charge is 2.12. The molecule has 0 unspecified atom stereocenters. The van der Waals surface area contributed by atoms with E-state index in [-0.39, 0.29) is 5.88 Å². The Morgan fingerprint density at radius 2 is 1.83 bits per heavy atom. The quantitative estimate of drug-likeness (QED) is 0.779. The summed E-state index contributed by atoms with van der Waals surface area (Å²) >= 11 is 0. The second-order valence-electron chi connectivity index (χ2n) is 5.39. The summed E-state index contributed by atoms with van der Waals surface area (Å²) in [5, 5.41) is 9.92. The molecule has 6 heteroatoms. The number of para-hydroxylation sites is 1. The van der Waals surface area contributed by atoms with E-state index in [1.165, 1.54) is 6.20 Å². The normalized spacial score (nSPS) is 10.7. The fourth-order valence-electron chi connectivity index (χ4n) is 2.41. The average molecular weight is 311 g/mol. The van der Waals surface area contributed by atoms with Crippen molar-refractivity contribution in [1.29, 1.82) is 0 Å². The van der Waals surface area contributed by atoms with Crippen molar-refractivity contribution in [2.45, 2.75) is 20.8 Å². The molecule has 23 heavy (non-hydrogen) atoms. The first-order valence-corrected chi connectivity index (χ1v) is 7.18. The molecule has 0 atom stereocenters. The molecule has 3 rings (SSSR count). The van der Waals surface area contributed by atoms with E-state index in [2.05, 4.69) is 9.97 Å². The van der Waals surface area contributed by atoms with Crippen molar-refractivity contribution in [1.82, 2.24) is 14.5 Å². The van der Waals surface area contributed by atoms with Gasteiger partial charge in [-0.25, -0.2) is 14.3 Å². The van der Waals surface area contributed by atoms with Crippen molar-refractivity contribution < 1.29 is 9.84 Å². The maximum absolute atomic E-state index is 11.8. The molecule has 6 nitrogen and oxygen atoms in total. The number of nitrogens with zero attached hydrogens (tertiary/aromatic N) is 2. The molecule has 0 saturated carbocycles. The lowest BCUT2D eigenvalue weighted by atomic mass is 10.1. The molecular formula is C17H17N3O3. The fourth-order valence-corrected chi connectivity index (χ4v) is 2.41. The summed E-state index contributed by atoms with van der Waals surface area (Å²) in [6.07, 6.45) is 1.48. The lowest BCUT2D eigenvalue weighted by Crippen LogP contribution is -2.14. The number of H-pyrrole nitrogens is 1. The molecule has 2 N–H and O–H groups in total. The molecule has 118 valence electrons. The molecule has 0 fully saturated rings. The molecule has 2 heterocycles. The highest BCUT2D eigenvalue weighted by molar-refractivity contribution is 5.43. The van der Waals surface area contributed by atoms with Gasteiger partial charge in [0.15, 0.2) is 0 Å². The molecular weight excluding hydrogens is 294 g/mol. The first-order chi connectivity index (χ1) is 11.0. The molecule has 0 spiro atoms. The summed E-state index contributed by atoms with van der Waals surface area (Å²) in [4.78, 5) is 18.6. The zero-order chi connectivity index (χ0) is 16.6. The predicted molar refractivity (Wildman–Crippen MR) is 86.6 cm³/mol. The summed E-state index contributed by atoms with van der Waals surface area (Å²) in [6, 6.07) is 9.24. The Morgan fingerprint density at radius 1 is 1.13 bits per heavy atom. The number of hydrogen-bond acceptors (Lipinski definition) is 4. The van der Waals surface area contributed by atoms with Crippen LogP contribution in [0.4, 0.5) is 0 Å². The van der Waals surface area contributed by atoms with Crippen LogP contribution < -0.4 is 10.4 Å². The van der Waals surface area contributed by atoms with Crippen LogP contribution in [0.1, 0.15) is 16.8 Å². The van der Waals surface area contributed by atoms with Gasteiger partial charge in [0.1, 0.15) is 5.75 Å². The van der Waals surface area contributed by atoms with E-state index in [1.807, 2.05) is 32.0 Å². The number of rotatable bonds is 3. The van der Waals surface area contributed by atoms with E-state index in [4.69, 9.17) is 4.74 Å². The van der Waals surface area contributed by atoms with Gasteiger partial charge in [0.05, 0.1) is 17.6 Å². The monoisotopic (exact) mass is 311 g/mol. The molecule has 0 radical (unpaired) electrons. The Morgan fingerprint density at radius 3 is 2.35 bits per heavy atom. The number of nitrogens with one attached hydrogen (secondary N) is 1. The molecule has 3 aromatic rings. The van der Waals surface area contributed by atoms with Crippen LogP contribution in [0.2, 0.25) is 0 Å². The minimum absolute atomic E-state index is 0.125. The van der Waals surface area contributed by atoms with Crippen LogP contribution in [0, 0.1) is 20.8 Å². The number of imidazole rings is 1. The zero-order valence-corrected chi connectivity index (χ0v) is 13.1. The largest absolute Gasteiger partial charge is 0.493 e. The zero-order valence-electron chi connectivity index (χ0n) is 13.1. The van der Waals surface area contributed by atoms with E-state index in [9.17, 15) is 9.90 Å². The van der Waals surface area contributed by atoms with Crippen LogP contribution in [-0.4, -0.2) is 19.6 Å². The van der Waals surface area contributed by atoms with Gasteiger partial charge < -0.3 is 14.8 Å². The van der Waals surface area contributed by atoms with E-state index < -0.39 is 5.69 Å². The molecule has 2 aromatic heterocycles. The number of aromatic amines is 1. The van der Waals surface area contributed by atoms with Gasteiger partial charge in [0.2, 0.25) is 11.8 Å². The van der Waals surface area contributed by atoms with Gasteiger partial charge in [-0.05, 0) is 38.0 Å². The fraction of sp³-hybridized carbons (Fsp3) is 0.176. The molecule has 0 saturated heterocycles. The van der Waals surface area contributed by atoms with Gasteiger partial charge in [-0.3, -0.25) is 0 Å². The van der Waals surface area contributed by atoms with E-state index >= 15 is 0 Å². The van der Waals surface area contributed by atoms with Crippen LogP contribution in [-0.2, 0) is 0 Å². The van der Waals surface area contributed by atoms with Crippen LogP contribution in [0.3, 0.4) is 0 Å². The molecule has 0 aliphatic rings. The molecule has 0 bridgehead atoms. The smallest absolute Gasteiger partial charge is 0.333 e. The Bertz CT molecular complexity index is 888. The van der Waals surface area contributed by atoms with Gasteiger partial charge in [-0.2, -0.15) is 0 Å². The Kier molecular flexibility index (Phi) is 3.65. The molecule has 0 aliphatic carbocycles. The maximum Gasteiger partial charge on any atom is 0.333 e. The average Bonchev–Trinajstić information content (AvgIpc) is 2.77. The highest BCUT2D eigenvalue weighted by atomic mass is 16.5. The second kappa shape index (κ2) is 5.64. The van der Waals surface area contributed by atoms with Crippen LogP contribution in [0.25, 0.3) is 5.69 Å². The summed E-state index contributed by atoms with van der Waals surface area (Å²) < 4.78 is 6.99. The van der Waals surface area contributed by atoms with Crippen molar-refractivity contribution in [2.24, 2.45) is 0 Å². The SMILES string of the molecule is Cc1cccc(C)c1Oc1ccc(-n2c(O)c(C)[nH]c2=O)cn1. The maximum atomic E-state index is 11.8. The van der Waals surface area contributed by atoms with Crippen molar-refractivity contribution in [3.8, 4) is 23.2 Å². The van der Waals surface area contributed by atoms with Gasteiger partial charge in [-0.1, -0.05) is 18.2 Å². The minimum atomic E-state index is -0.412. The van der Waals surface area contributed by atoms with Crippen molar-refractivity contribution in [3.05, 3.63) is 63.8 Å². The highest BCUT2D eigenvalue weighted by Crippen LogP contribution is 2.27. The Labute approximate surface area is 133 Å². The van der Waals surface area contributed by atoms with Crippen molar-refractivity contribution >= 4 is 0 Å². The molecule has 0 amide bonds. The molecule has 1 aromatic carbocycles. The first kappa shape index (κ1) is 14.9. The Hall–Kier alpha value is -3.02. The van der Waals surface area contributed by atoms with E-state index in [1.54, 1.807) is 19.1 Å². The predicted octanol–water partition coefficient (Wildman–Crippen LogP) is 2.98. The third-order valence-electron chi connectivity index (χ3n) is 3.64. The lowest BCUT2D eigenvalue weighted by Gasteiger charge is -2.11. The number of aromatic nitrogens is 3. The summed E-state index contributed by atoms with van der Waals surface area (Å²) in [6.45, 7) is 5.56. The van der Waals surface area contributed by atoms with Crippen LogP contribution in [0.5, 0.6) is 17.5 Å². The second-order valence-corrected chi connectivity index (χ2v) is 5.39. The number of benzene rings is 1. The number of aryl methyl sites for hydroxylation is 3. The van der Waals surface area contributed by atoms with Crippen molar-refractivity contribution in [2.75, 3.05) is 0 Å². The number of ether oxygens (including phenoxy) is 1. The number of pyridine rings is 1. The summed E-state index contributed by atoms with van der Waals surface area (Å²) in [5.74, 6) is 1.07. The van der Waals surface area contributed by atoms with E-state index in [0.29, 0.717) is 17.3 Å². The third-order valence-corrected chi connectivity index (χ3v) is 3.64. The number of aromatic hydroxyl groups is 1. The summed E-state index contributed by atoms with van der Waals surface area (Å²) in [7, 11) is 0. The first-order valence-electron chi connectivity index (χ1n) is 7.18. The van der Waals surface area contributed by atoms with Gasteiger partial charge in [-0.15, -0.1) is 0 Å². The van der Waals surface area contributed by atoms with Gasteiger partial charge in [0.25, 0.3) is 0 Å². The van der Waals surface area contributed by atoms with Crippen LogP contribution in [0.15, 0.2) is 41.3 Å². The Balaban J connectivity index is 1.92. The molecule has 0 aliphatic heterocycles. The third kappa shape index (κ3) is 2.70. The topological polar surface area (TPSA) is 80.1 Å². The van der Waals surface area contributed by atoms with Crippen molar-refractivity contribution in [3.63, 3.8) is 0 Å². The summed E-state index contributed by atoms with van der Waals surface area (Å²) in [5.41, 5.74) is 2.50.